The maximum Gasteiger partial charge on any atom is 0.236 e. The molecule has 1 atom stereocenters. The van der Waals surface area contributed by atoms with E-state index in [1.54, 1.807) is 0 Å². The fourth-order valence-electron chi connectivity index (χ4n) is 4.75. The smallest absolute Gasteiger partial charge is 0.236 e. The molecular formula is C21H31N3O. The van der Waals surface area contributed by atoms with Crippen LogP contribution in [-0.4, -0.2) is 66.4 Å². The van der Waals surface area contributed by atoms with Crippen LogP contribution < -0.4 is 0 Å². The topological polar surface area (TPSA) is 26.8 Å². The lowest BCUT2D eigenvalue weighted by Gasteiger charge is -2.40. The van der Waals surface area contributed by atoms with E-state index in [2.05, 4.69) is 40.1 Å². The number of benzene rings is 1. The highest BCUT2D eigenvalue weighted by Gasteiger charge is 2.42. The average Bonchev–Trinajstić information content (AvgIpc) is 3.40. The summed E-state index contributed by atoms with van der Waals surface area (Å²) >= 11 is 0. The van der Waals surface area contributed by atoms with Gasteiger partial charge < -0.3 is 4.90 Å². The van der Waals surface area contributed by atoms with Gasteiger partial charge in [-0.05, 0) is 56.2 Å². The van der Waals surface area contributed by atoms with Gasteiger partial charge in [-0.15, -0.1) is 0 Å². The SMILES string of the molecule is CN(C(=O)CN1CC[C@@]2(CCCN(Cc3ccccc3)C2)C1)C1CC1. The van der Waals surface area contributed by atoms with Gasteiger partial charge in [0.15, 0.2) is 0 Å². The van der Waals surface area contributed by atoms with Crippen LogP contribution in [-0.2, 0) is 11.3 Å². The van der Waals surface area contributed by atoms with Gasteiger partial charge in [-0.3, -0.25) is 14.6 Å². The van der Waals surface area contributed by atoms with Crippen LogP contribution in [0.15, 0.2) is 30.3 Å². The first-order valence-electron chi connectivity index (χ1n) is 9.88. The van der Waals surface area contributed by atoms with Crippen molar-refractivity contribution in [3.8, 4) is 0 Å². The molecule has 0 unspecified atom stereocenters. The quantitative estimate of drug-likeness (QED) is 0.824. The van der Waals surface area contributed by atoms with Gasteiger partial charge in [0.05, 0.1) is 6.54 Å². The summed E-state index contributed by atoms with van der Waals surface area (Å²) in [5, 5.41) is 0. The maximum absolute atomic E-state index is 12.4. The Balaban J connectivity index is 1.32. The lowest BCUT2D eigenvalue weighted by molar-refractivity contribution is -0.131. The van der Waals surface area contributed by atoms with Crippen molar-refractivity contribution in [2.45, 2.75) is 44.7 Å². The molecule has 0 radical (unpaired) electrons. The number of rotatable bonds is 5. The Hall–Kier alpha value is -1.39. The molecule has 4 heteroatoms. The minimum absolute atomic E-state index is 0.316. The summed E-state index contributed by atoms with van der Waals surface area (Å²) < 4.78 is 0. The molecule has 4 nitrogen and oxygen atoms in total. The van der Waals surface area contributed by atoms with Crippen molar-refractivity contribution in [2.24, 2.45) is 5.41 Å². The Labute approximate surface area is 151 Å². The molecule has 136 valence electrons. The molecule has 1 spiro atoms. The van der Waals surface area contributed by atoms with Crippen molar-refractivity contribution < 1.29 is 4.79 Å². The van der Waals surface area contributed by atoms with Gasteiger partial charge in [0.2, 0.25) is 5.91 Å². The van der Waals surface area contributed by atoms with E-state index >= 15 is 0 Å². The molecule has 25 heavy (non-hydrogen) atoms. The zero-order valence-corrected chi connectivity index (χ0v) is 15.5. The van der Waals surface area contributed by atoms with Crippen molar-refractivity contribution in [1.82, 2.24) is 14.7 Å². The predicted molar refractivity (Wildman–Crippen MR) is 100 cm³/mol. The molecule has 1 aromatic carbocycles. The fourth-order valence-corrected chi connectivity index (χ4v) is 4.75. The third kappa shape index (κ3) is 4.06. The minimum atomic E-state index is 0.316. The standard InChI is InChI=1S/C21H31N3O/c1-22(19-8-9-19)20(25)15-24-13-11-21(17-24)10-5-12-23(16-21)14-18-6-3-2-4-7-18/h2-4,6-7,19H,5,8-17H2,1H3/t21-/m1/s1. The lowest BCUT2D eigenvalue weighted by Crippen LogP contribution is -2.45. The molecule has 2 heterocycles. The van der Waals surface area contributed by atoms with Gasteiger partial charge in [0, 0.05) is 32.7 Å². The summed E-state index contributed by atoms with van der Waals surface area (Å²) in [6.07, 6.45) is 6.25. The molecule has 3 aliphatic rings. The molecule has 0 aromatic heterocycles. The second kappa shape index (κ2) is 7.08. The molecule has 3 fully saturated rings. The van der Waals surface area contributed by atoms with E-state index in [9.17, 15) is 4.79 Å². The summed E-state index contributed by atoms with van der Waals surface area (Å²) in [7, 11) is 1.98. The highest BCUT2D eigenvalue weighted by molar-refractivity contribution is 5.78. The van der Waals surface area contributed by atoms with Gasteiger partial charge in [-0.25, -0.2) is 0 Å². The van der Waals surface area contributed by atoms with Crippen LogP contribution in [0.1, 0.15) is 37.7 Å². The summed E-state index contributed by atoms with van der Waals surface area (Å²) in [6.45, 7) is 6.26. The third-order valence-corrected chi connectivity index (χ3v) is 6.35. The van der Waals surface area contributed by atoms with Crippen molar-refractivity contribution in [3.63, 3.8) is 0 Å². The Morgan fingerprint density at radius 3 is 2.64 bits per heavy atom. The van der Waals surface area contributed by atoms with Crippen LogP contribution in [0.3, 0.4) is 0 Å². The first-order chi connectivity index (χ1) is 12.1. The van der Waals surface area contributed by atoms with E-state index in [0.29, 0.717) is 23.9 Å². The van der Waals surface area contributed by atoms with Gasteiger partial charge in [-0.1, -0.05) is 30.3 Å². The number of piperidine rings is 1. The molecule has 2 aliphatic heterocycles. The molecule has 0 bridgehead atoms. The van der Waals surface area contributed by atoms with Crippen LogP contribution in [0.25, 0.3) is 0 Å². The van der Waals surface area contributed by atoms with E-state index in [-0.39, 0.29) is 0 Å². The van der Waals surface area contributed by atoms with E-state index < -0.39 is 0 Å². The largest absolute Gasteiger partial charge is 0.342 e. The second-order valence-corrected chi connectivity index (χ2v) is 8.50. The first kappa shape index (κ1) is 17.0. The van der Waals surface area contributed by atoms with Crippen molar-refractivity contribution >= 4 is 5.91 Å². The highest BCUT2D eigenvalue weighted by Crippen LogP contribution is 2.39. The monoisotopic (exact) mass is 341 g/mol. The lowest BCUT2D eigenvalue weighted by atomic mass is 9.79. The van der Waals surface area contributed by atoms with Crippen molar-refractivity contribution in [3.05, 3.63) is 35.9 Å². The zero-order valence-electron chi connectivity index (χ0n) is 15.5. The summed E-state index contributed by atoms with van der Waals surface area (Å²) in [4.78, 5) is 19.4. The Morgan fingerprint density at radius 1 is 1.12 bits per heavy atom. The van der Waals surface area contributed by atoms with Crippen LogP contribution in [0.4, 0.5) is 0 Å². The van der Waals surface area contributed by atoms with Gasteiger partial charge in [-0.2, -0.15) is 0 Å². The number of hydrogen-bond donors (Lipinski definition) is 0. The Morgan fingerprint density at radius 2 is 1.88 bits per heavy atom. The fraction of sp³-hybridized carbons (Fsp3) is 0.667. The first-order valence-corrected chi connectivity index (χ1v) is 9.88. The van der Waals surface area contributed by atoms with Gasteiger partial charge >= 0.3 is 0 Å². The van der Waals surface area contributed by atoms with Crippen molar-refractivity contribution in [2.75, 3.05) is 39.8 Å². The Kier molecular flexibility index (Phi) is 4.83. The second-order valence-electron chi connectivity index (χ2n) is 8.50. The zero-order chi connectivity index (χ0) is 17.3. The number of hydrogen-bond acceptors (Lipinski definition) is 3. The molecule has 1 aromatic rings. The minimum Gasteiger partial charge on any atom is -0.342 e. The molecule has 0 N–H and O–H groups in total. The normalized spacial score (nSPS) is 27.7. The van der Waals surface area contributed by atoms with Crippen LogP contribution in [0.2, 0.25) is 0 Å². The molecule has 1 amide bonds. The van der Waals surface area contributed by atoms with Gasteiger partial charge in [0.25, 0.3) is 0 Å². The number of carbonyl (C=O) groups excluding carboxylic acids is 1. The van der Waals surface area contributed by atoms with Crippen LogP contribution in [0.5, 0.6) is 0 Å². The van der Waals surface area contributed by atoms with E-state index in [4.69, 9.17) is 0 Å². The summed E-state index contributed by atoms with van der Waals surface area (Å²) in [5.41, 5.74) is 1.82. The third-order valence-electron chi connectivity index (χ3n) is 6.35. The number of likely N-dealkylation sites (N-methyl/N-ethyl adjacent to an activating group) is 1. The molecule has 4 rings (SSSR count). The maximum atomic E-state index is 12.4. The Bertz CT molecular complexity index is 600. The summed E-state index contributed by atoms with van der Waals surface area (Å²) in [6, 6.07) is 11.3. The molecular weight excluding hydrogens is 310 g/mol. The predicted octanol–water partition coefficient (Wildman–Crippen LogP) is 2.60. The number of carbonyl (C=O) groups is 1. The summed E-state index contributed by atoms with van der Waals surface area (Å²) in [5.74, 6) is 0.316. The molecule has 2 saturated heterocycles. The number of nitrogens with zero attached hydrogens (tertiary/aromatic N) is 3. The van der Waals surface area contributed by atoms with Crippen molar-refractivity contribution in [1.29, 1.82) is 0 Å². The van der Waals surface area contributed by atoms with Crippen LogP contribution in [0, 0.1) is 5.41 Å². The molecule has 1 aliphatic carbocycles. The number of amides is 1. The van der Waals surface area contributed by atoms with Gasteiger partial charge in [0.1, 0.15) is 0 Å². The van der Waals surface area contributed by atoms with E-state index in [1.807, 2.05) is 11.9 Å². The van der Waals surface area contributed by atoms with Crippen LogP contribution >= 0.6 is 0 Å². The highest BCUT2D eigenvalue weighted by atomic mass is 16.2. The molecule has 1 saturated carbocycles. The van der Waals surface area contributed by atoms with E-state index in [1.165, 1.54) is 50.8 Å². The van der Waals surface area contributed by atoms with E-state index in [0.717, 1.165) is 19.6 Å². The number of likely N-dealkylation sites (tertiary alicyclic amines) is 2. The average molecular weight is 341 g/mol.